The molecule has 3 N–H and O–H groups in total. The fraction of sp³-hybridized carbons (Fsp3) is 0.429. The second-order valence-corrected chi connectivity index (χ2v) is 4.81. The molecule has 0 radical (unpaired) electrons. The standard InChI is InChI=1S/C14H19N3O.ClH/c18-10-14(17-7-5-15-6-8-17)12-2-1-11-3-4-16-13(11)9-12;/h1-4,9,14-16,18H,5-8,10H2;1H/t14-;/m1./s1. The summed E-state index contributed by atoms with van der Waals surface area (Å²) in [4.78, 5) is 5.58. The van der Waals surface area contributed by atoms with E-state index in [1.807, 2.05) is 6.20 Å². The number of H-pyrrole nitrogens is 1. The van der Waals surface area contributed by atoms with Crippen molar-refractivity contribution in [3.05, 3.63) is 36.0 Å². The molecule has 0 saturated carbocycles. The summed E-state index contributed by atoms with van der Waals surface area (Å²) in [5.41, 5.74) is 2.33. The summed E-state index contributed by atoms with van der Waals surface area (Å²) < 4.78 is 0. The van der Waals surface area contributed by atoms with Crippen LogP contribution in [-0.2, 0) is 0 Å². The lowest BCUT2D eigenvalue weighted by atomic mass is 10.0. The van der Waals surface area contributed by atoms with Crippen LogP contribution in [-0.4, -0.2) is 47.8 Å². The maximum atomic E-state index is 9.68. The topological polar surface area (TPSA) is 51.3 Å². The van der Waals surface area contributed by atoms with Crippen molar-refractivity contribution < 1.29 is 5.11 Å². The van der Waals surface area contributed by atoms with Gasteiger partial charge in [-0.2, -0.15) is 0 Å². The van der Waals surface area contributed by atoms with Gasteiger partial charge in [0.25, 0.3) is 0 Å². The monoisotopic (exact) mass is 281 g/mol. The molecule has 0 aliphatic carbocycles. The Kier molecular flexibility index (Phi) is 4.82. The molecule has 2 heterocycles. The first-order valence-electron chi connectivity index (χ1n) is 6.51. The van der Waals surface area contributed by atoms with Gasteiger partial charge in [-0.25, -0.2) is 0 Å². The number of aliphatic hydroxyl groups is 1. The zero-order chi connectivity index (χ0) is 12.4. The molecule has 4 nitrogen and oxygen atoms in total. The molecule has 0 amide bonds. The molecule has 1 aromatic heterocycles. The van der Waals surface area contributed by atoms with Gasteiger partial charge in [-0.05, 0) is 23.1 Å². The summed E-state index contributed by atoms with van der Waals surface area (Å²) in [6.07, 6.45) is 1.95. The summed E-state index contributed by atoms with van der Waals surface area (Å²) in [6.45, 7) is 4.16. The largest absolute Gasteiger partial charge is 0.394 e. The Hall–Kier alpha value is -1.07. The maximum Gasteiger partial charge on any atom is 0.0628 e. The number of aliphatic hydroxyl groups excluding tert-OH is 1. The Morgan fingerprint density at radius 2 is 2.00 bits per heavy atom. The molecule has 1 saturated heterocycles. The highest BCUT2D eigenvalue weighted by molar-refractivity contribution is 5.85. The molecule has 0 spiro atoms. The van der Waals surface area contributed by atoms with Crippen molar-refractivity contribution in [1.29, 1.82) is 0 Å². The quantitative estimate of drug-likeness (QED) is 0.800. The van der Waals surface area contributed by atoms with Crippen molar-refractivity contribution in [1.82, 2.24) is 15.2 Å². The normalized spacial score (nSPS) is 18.2. The predicted molar refractivity (Wildman–Crippen MR) is 79.8 cm³/mol. The molecule has 0 unspecified atom stereocenters. The van der Waals surface area contributed by atoms with Crippen molar-refractivity contribution in [2.24, 2.45) is 0 Å². The summed E-state index contributed by atoms with van der Waals surface area (Å²) in [5, 5.41) is 14.2. The van der Waals surface area contributed by atoms with Crippen molar-refractivity contribution in [3.8, 4) is 0 Å². The Bertz CT molecular complexity index is 522. The number of aromatic nitrogens is 1. The number of hydrogen-bond donors (Lipinski definition) is 3. The third-order valence-electron chi connectivity index (χ3n) is 3.73. The number of halogens is 1. The van der Waals surface area contributed by atoms with Gasteiger partial charge >= 0.3 is 0 Å². The second-order valence-electron chi connectivity index (χ2n) is 4.81. The summed E-state index contributed by atoms with van der Waals surface area (Å²) in [6, 6.07) is 8.57. The number of nitrogens with one attached hydrogen (secondary N) is 2. The molecular weight excluding hydrogens is 262 g/mol. The van der Waals surface area contributed by atoms with E-state index in [4.69, 9.17) is 0 Å². The molecule has 0 bridgehead atoms. The number of rotatable bonds is 3. The summed E-state index contributed by atoms with van der Waals surface area (Å²) in [5.74, 6) is 0. The minimum absolute atomic E-state index is 0. The van der Waals surface area contributed by atoms with Gasteiger partial charge in [-0.15, -0.1) is 12.4 Å². The van der Waals surface area contributed by atoms with Gasteiger partial charge in [0.05, 0.1) is 12.6 Å². The minimum Gasteiger partial charge on any atom is -0.394 e. The van der Waals surface area contributed by atoms with Gasteiger partial charge in [0.2, 0.25) is 0 Å². The average molecular weight is 282 g/mol. The highest BCUT2D eigenvalue weighted by Gasteiger charge is 2.21. The van der Waals surface area contributed by atoms with Crippen LogP contribution >= 0.6 is 12.4 Å². The summed E-state index contributed by atoms with van der Waals surface area (Å²) in [7, 11) is 0. The van der Waals surface area contributed by atoms with E-state index in [0.717, 1.165) is 31.7 Å². The van der Waals surface area contributed by atoms with Crippen molar-refractivity contribution >= 4 is 23.3 Å². The number of piperazine rings is 1. The first-order valence-corrected chi connectivity index (χ1v) is 6.51. The van der Waals surface area contributed by atoms with Crippen LogP contribution in [0.5, 0.6) is 0 Å². The molecule has 3 rings (SSSR count). The summed E-state index contributed by atoms with van der Waals surface area (Å²) >= 11 is 0. The van der Waals surface area contributed by atoms with Crippen LogP contribution in [0.25, 0.3) is 10.9 Å². The number of fused-ring (bicyclic) bond motifs is 1. The molecule has 1 aliphatic rings. The molecule has 19 heavy (non-hydrogen) atoms. The lowest BCUT2D eigenvalue weighted by molar-refractivity contribution is 0.111. The van der Waals surface area contributed by atoms with Crippen molar-refractivity contribution in [2.75, 3.05) is 32.8 Å². The minimum atomic E-state index is 0. The molecule has 1 aliphatic heterocycles. The highest BCUT2D eigenvalue weighted by Crippen LogP contribution is 2.24. The Morgan fingerprint density at radius 1 is 1.21 bits per heavy atom. The number of nitrogens with zero attached hydrogens (tertiary/aromatic N) is 1. The van der Waals surface area contributed by atoms with E-state index in [2.05, 4.69) is 39.5 Å². The van der Waals surface area contributed by atoms with Crippen LogP contribution in [0, 0.1) is 0 Å². The van der Waals surface area contributed by atoms with Gasteiger partial charge in [0, 0.05) is 37.9 Å². The first-order chi connectivity index (χ1) is 8.88. The highest BCUT2D eigenvalue weighted by atomic mass is 35.5. The Labute approximate surface area is 119 Å². The number of aromatic amines is 1. The van der Waals surface area contributed by atoms with E-state index >= 15 is 0 Å². The zero-order valence-corrected chi connectivity index (χ0v) is 11.6. The number of hydrogen-bond acceptors (Lipinski definition) is 3. The smallest absolute Gasteiger partial charge is 0.0628 e. The molecular formula is C14H20ClN3O. The van der Waals surface area contributed by atoms with Crippen molar-refractivity contribution in [2.45, 2.75) is 6.04 Å². The van der Waals surface area contributed by atoms with E-state index in [9.17, 15) is 5.11 Å². The number of benzene rings is 1. The third kappa shape index (κ3) is 2.92. The fourth-order valence-electron chi connectivity index (χ4n) is 2.70. The zero-order valence-electron chi connectivity index (χ0n) is 10.8. The lowest BCUT2D eigenvalue weighted by Gasteiger charge is -2.34. The molecule has 5 heteroatoms. The van der Waals surface area contributed by atoms with Crippen LogP contribution in [0.2, 0.25) is 0 Å². The predicted octanol–water partition coefficient (Wildman–Crippen LogP) is 1.53. The SMILES string of the molecule is Cl.OC[C@H](c1ccc2cc[nH]c2c1)N1CCNCC1. The van der Waals surface area contributed by atoms with Gasteiger partial charge in [-0.1, -0.05) is 12.1 Å². The van der Waals surface area contributed by atoms with E-state index in [0.29, 0.717) is 0 Å². The second kappa shape index (κ2) is 6.39. The molecule has 1 aromatic carbocycles. The third-order valence-corrected chi connectivity index (χ3v) is 3.73. The molecule has 1 fully saturated rings. The fourth-order valence-corrected chi connectivity index (χ4v) is 2.70. The van der Waals surface area contributed by atoms with E-state index in [-0.39, 0.29) is 25.1 Å². The maximum absolute atomic E-state index is 9.68. The Morgan fingerprint density at radius 3 is 2.74 bits per heavy atom. The van der Waals surface area contributed by atoms with Gasteiger partial charge < -0.3 is 15.4 Å². The van der Waals surface area contributed by atoms with Crippen LogP contribution < -0.4 is 5.32 Å². The van der Waals surface area contributed by atoms with E-state index in [1.54, 1.807) is 0 Å². The van der Waals surface area contributed by atoms with Gasteiger partial charge in [-0.3, -0.25) is 4.90 Å². The van der Waals surface area contributed by atoms with Crippen LogP contribution in [0.1, 0.15) is 11.6 Å². The lowest BCUT2D eigenvalue weighted by Crippen LogP contribution is -2.46. The molecule has 104 valence electrons. The van der Waals surface area contributed by atoms with Gasteiger partial charge in [0.1, 0.15) is 0 Å². The molecule has 2 aromatic rings. The Balaban J connectivity index is 0.00000133. The first kappa shape index (κ1) is 14.3. The van der Waals surface area contributed by atoms with E-state index < -0.39 is 0 Å². The van der Waals surface area contributed by atoms with Crippen LogP contribution in [0.4, 0.5) is 0 Å². The average Bonchev–Trinajstić information content (AvgIpc) is 2.88. The van der Waals surface area contributed by atoms with Crippen LogP contribution in [0.3, 0.4) is 0 Å². The van der Waals surface area contributed by atoms with E-state index in [1.165, 1.54) is 10.9 Å². The molecule has 1 atom stereocenters. The van der Waals surface area contributed by atoms with Crippen LogP contribution in [0.15, 0.2) is 30.5 Å². The van der Waals surface area contributed by atoms with Crippen molar-refractivity contribution in [3.63, 3.8) is 0 Å². The van der Waals surface area contributed by atoms with Gasteiger partial charge in [0.15, 0.2) is 0 Å².